The molecule has 1 saturated heterocycles. The van der Waals surface area contributed by atoms with E-state index in [0.29, 0.717) is 17.9 Å². The van der Waals surface area contributed by atoms with Crippen LogP contribution in [0.4, 0.5) is 0 Å². The molecule has 1 aliphatic heterocycles. The Morgan fingerprint density at radius 1 is 1.25 bits per heavy atom. The first-order valence-corrected chi connectivity index (χ1v) is 7.99. The van der Waals surface area contributed by atoms with Gasteiger partial charge in [0.05, 0.1) is 0 Å². The smallest absolute Gasteiger partial charge is 0.246 e. The second-order valence-corrected chi connectivity index (χ2v) is 7.10. The highest BCUT2D eigenvalue weighted by molar-refractivity contribution is 5.97. The monoisotopic (exact) mass is 280 g/mol. The Kier molecular flexibility index (Phi) is 4.40. The molecule has 2 aliphatic rings. The Labute approximate surface area is 122 Å². The van der Waals surface area contributed by atoms with Crippen molar-refractivity contribution in [2.75, 3.05) is 0 Å². The molecule has 2 rings (SSSR count). The van der Waals surface area contributed by atoms with Gasteiger partial charge in [-0.25, -0.2) is 0 Å². The molecule has 4 atom stereocenters. The van der Waals surface area contributed by atoms with Crippen molar-refractivity contribution in [2.45, 2.75) is 72.0 Å². The van der Waals surface area contributed by atoms with E-state index in [2.05, 4.69) is 26.1 Å². The molecule has 1 saturated carbocycles. The van der Waals surface area contributed by atoms with Gasteiger partial charge in [0, 0.05) is 6.04 Å². The molecule has 4 nitrogen and oxygen atoms in total. The van der Waals surface area contributed by atoms with E-state index in [1.807, 2.05) is 18.7 Å². The zero-order valence-corrected chi connectivity index (χ0v) is 13.3. The van der Waals surface area contributed by atoms with Crippen molar-refractivity contribution in [3.8, 4) is 0 Å². The molecule has 1 N–H and O–H groups in total. The van der Waals surface area contributed by atoms with Crippen LogP contribution < -0.4 is 5.32 Å². The van der Waals surface area contributed by atoms with Crippen molar-refractivity contribution in [3.63, 3.8) is 0 Å². The van der Waals surface area contributed by atoms with Crippen LogP contribution in [-0.2, 0) is 9.59 Å². The summed E-state index contributed by atoms with van der Waals surface area (Å²) in [6, 6.07) is -0.316. The van der Waals surface area contributed by atoms with Gasteiger partial charge in [-0.1, -0.05) is 41.0 Å². The molecule has 4 unspecified atom stereocenters. The number of amides is 2. The summed E-state index contributed by atoms with van der Waals surface area (Å²) in [4.78, 5) is 27.1. The Bertz CT molecular complexity index is 392. The highest BCUT2D eigenvalue weighted by Gasteiger charge is 2.51. The molecule has 1 aliphatic carbocycles. The van der Waals surface area contributed by atoms with Gasteiger partial charge >= 0.3 is 0 Å². The summed E-state index contributed by atoms with van der Waals surface area (Å²) in [6.07, 6.45) is 2.89. The van der Waals surface area contributed by atoms with Crippen LogP contribution in [-0.4, -0.2) is 34.8 Å². The lowest BCUT2D eigenvalue weighted by molar-refractivity contribution is -0.152. The molecular formula is C16H28N2O2. The molecule has 20 heavy (non-hydrogen) atoms. The molecule has 0 aromatic carbocycles. The van der Waals surface area contributed by atoms with Crippen LogP contribution >= 0.6 is 0 Å². The van der Waals surface area contributed by atoms with Gasteiger partial charge in [0.1, 0.15) is 12.1 Å². The van der Waals surface area contributed by atoms with Crippen LogP contribution in [0.25, 0.3) is 0 Å². The van der Waals surface area contributed by atoms with Gasteiger partial charge in [-0.2, -0.15) is 0 Å². The van der Waals surface area contributed by atoms with Crippen molar-refractivity contribution >= 4 is 11.8 Å². The van der Waals surface area contributed by atoms with E-state index in [0.717, 1.165) is 19.3 Å². The van der Waals surface area contributed by atoms with Crippen LogP contribution in [0.1, 0.15) is 53.9 Å². The molecule has 0 radical (unpaired) electrons. The van der Waals surface area contributed by atoms with Crippen LogP contribution in [0.5, 0.6) is 0 Å². The molecule has 2 fully saturated rings. The summed E-state index contributed by atoms with van der Waals surface area (Å²) in [5.41, 5.74) is 0. The third-order valence-corrected chi connectivity index (χ3v) is 4.54. The number of nitrogens with zero attached hydrogens (tertiary/aromatic N) is 1. The SMILES string of the molecule is CCC1CC1N1C(=O)C(CC(C)C)NC(=O)C1C(C)C. The number of carbonyl (C=O) groups is 2. The van der Waals surface area contributed by atoms with Crippen molar-refractivity contribution in [3.05, 3.63) is 0 Å². The summed E-state index contributed by atoms with van der Waals surface area (Å²) in [7, 11) is 0. The first-order chi connectivity index (χ1) is 9.36. The van der Waals surface area contributed by atoms with Crippen molar-refractivity contribution in [2.24, 2.45) is 17.8 Å². The molecule has 0 bridgehead atoms. The topological polar surface area (TPSA) is 49.4 Å². The molecular weight excluding hydrogens is 252 g/mol. The Hall–Kier alpha value is -1.06. The van der Waals surface area contributed by atoms with Gasteiger partial charge in [-0.05, 0) is 30.6 Å². The molecule has 0 spiro atoms. The fraction of sp³-hybridized carbons (Fsp3) is 0.875. The maximum atomic E-state index is 12.8. The van der Waals surface area contributed by atoms with Gasteiger partial charge in [-0.15, -0.1) is 0 Å². The molecule has 0 aromatic heterocycles. The van der Waals surface area contributed by atoms with E-state index in [-0.39, 0.29) is 29.8 Å². The molecule has 0 aromatic rings. The second kappa shape index (κ2) is 5.74. The van der Waals surface area contributed by atoms with Crippen LogP contribution in [0.2, 0.25) is 0 Å². The maximum Gasteiger partial charge on any atom is 0.246 e. The minimum Gasteiger partial charge on any atom is -0.342 e. The van der Waals surface area contributed by atoms with Crippen LogP contribution in [0.3, 0.4) is 0 Å². The Morgan fingerprint density at radius 2 is 1.90 bits per heavy atom. The summed E-state index contributed by atoms with van der Waals surface area (Å²) in [5.74, 6) is 1.33. The second-order valence-electron chi connectivity index (χ2n) is 7.10. The predicted molar refractivity (Wildman–Crippen MR) is 79.0 cm³/mol. The van der Waals surface area contributed by atoms with Crippen molar-refractivity contribution < 1.29 is 9.59 Å². The number of rotatable bonds is 5. The lowest BCUT2D eigenvalue weighted by Gasteiger charge is -2.41. The normalized spacial score (nSPS) is 33.9. The minimum atomic E-state index is -0.324. The van der Waals surface area contributed by atoms with Crippen molar-refractivity contribution in [1.82, 2.24) is 10.2 Å². The maximum absolute atomic E-state index is 12.8. The Balaban J connectivity index is 2.20. The highest BCUT2D eigenvalue weighted by atomic mass is 16.2. The van der Waals surface area contributed by atoms with E-state index in [1.165, 1.54) is 0 Å². The largest absolute Gasteiger partial charge is 0.342 e. The summed E-state index contributed by atoms with van der Waals surface area (Å²) < 4.78 is 0. The van der Waals surface area contributed by atoms with E-state index < -0.39 is 0 Å². The molecule has 114 valence electrons. The van der Waals surface area contributed by atoms with E-state index in [4.69, 9.17) is 0 Å². The number of hydrogen-bond donors (Lipinski definition) is 1. The van der Waals surface area contributed by atoms with Crippen LogP contribution in [0.15, 0.2) is 0 Å². The van der Waals surface area contributed by atoms with E-state index in [1.54, 1.807) is 0 Å². The van der Waals surface area contributed by atoms with Gasteiger partial charge < -0.3 is 10.2 Å². The first-order valence-electron chi connectivity index (χ1n) is 7.99. The molecule has 4 heteroatoms. The first kappa shape index (κ1) is 15.3. The lowest BCUT2D eigenvalue weighted by Crippen LogP contribution is -2.65. The van der Waals surface area contributed by atoms with Gasteiger partial charge in [-0.3, -0.25) is 9.59 Å². The number of carbonyl (C=O) groups excluding carboxylic acids is 2. The fourth-order valence-corrected chi connectivity index (χ4v) is 3.40. The van der Waals surface area contributed by atoms with E-state index in [9.17, 15) is 9.59 Å². The van der Waals surface area contributed by atoms with E-state index >= 15 is 0 Å². The average Bonchev–Trinajstić information content (AvgIpc) is 3.10. The van der Waals surface area contributed by atoms with Crippen molar-refractivity contribution in [1.29, 1.82) is 0 Å². The predicted octanol–water partition coefficient (Wildman–Crippen LogP) is 2.18. The quantitative estimate of drug-likeness (QED) is 0.839. The summed E-state index contributed by atoms with van der Waals surface area (Å²) >= 11 is 0. The molecule has 1 heterocycles. The van der Waals surface area contributed by atoms with Gasteiger partial charge in [0.25, 0.3) is 0 Å². The average molecular weight is 280 g/mol. The minimum absolute atomic E-state index is 0.0343. The number of nitrogens with one attached hydrogen (secondary N) is 1. The fourth-order valence-electron chi connectivity index (χ4n) is 3.40. The van der Waals surface area contributed by atoms with Gasteiger partial charge in [0.15, 0.2) is 0 Å². The zero-order valence-electron chi connectivity index (χ0n) is 13.3. The number of piperazine rings is 1. The summed E-state index contributed by atoms with van der Waals surface area (Å²) in [5, 5.41) is 2.94. The lowest BCUT2D eigenvalue weighted by atomic mass is 9.93. The Morgan fingerprint density at radius 3 is 2.35 bits per heavy atom. The van der Waals surface area contributed by atoms with Gasteiger partial charge in [0.2, 0.25) is 11.8 Å². The zero-order chi connectivity index (χ0) is 15.0. The third kappa shape index (κ3) is 2.84. The summed E-state index contributed by atoms with van der Waals surface area (Å²) in [6.45, 7) is 10.4. The van der Waals surface area contributed by atoms with Crippen LogP contribution in [0, 0.1) is 17.8 Å². The molecule has 2 amide bonds. The third-order valence-electron chi connectivity index (χ3n) is 4.54. The number of hydrogen-bond acceptors (Lipinski definition) is 2. The standard InChI is InChI=1S/C16H28N2O2/c1-6-11-8-13(11)18-14(10(4)5)15(19)17-12(16(18)20)7-9(2)3/h9-14H,6-8H2,1-5H3,(H,17,19). The highest BCUT2D eigenvalue weighted by Crippen LogP contribution is 2.41.